The van der Waals surface area contributed by atoms with Crippen molar-refractivity contribution in [2.45, 2.75) is 16.9 Å². The monoisotopic (exact) mass is 439 g/mol. The molecule has 1 spiro atoms. The van der Waals surface area contributed by atoms with E-state index in [1.807, 2.05) is 6.07 Å². The van der Waals surface area contributed by atoms with Crippen molar-refractivity contribution in [2.75, 3.05) is 57.0 Å². The largest absolute Gasteiger partial charge is 0.448 e. The fourth-order valence-electron chi connectivity index (χ4n) is 6.36. The second-order valence-electron chi connectivity index (χ2n) is 10.1. The van der Waals surface area contributed by atoms with Gasteiger partial charge in [0.1, 0.15) is 0 Å². The summed E-state index contributed by atoms with van der Waals surface area (Å²) in [6.45, 7) is 0. The molecule has 5 heteroatoms. The van der Waals surface area contributed by atoms with Gasteiger partial charge in [-0.2, -0.15) is 0 Å². The highest BCUT2D eigenvalue weighted by Gasteiger charge is 2.91. The number of benzene rings is 3. The maximum atomic E-state index is 13.0. The molecule has 5 nitrogen and oxygen atoms in total. The van der Waals surface area contributed by atoms with Gasteiger partial charge in [0.2, 0.25) is 0 Å². The number of carbonyl (C=O) groups is 1. The summed E-state index contributed by atoms with van der Waals surface area (Å²) in [7, 11) is 12.3. The van der Waals surface area contributed by atoms with Gasteiger partial charge in [0.25, 0.3) is 0 Å². The minimum Gasteiger partial charge on any atom is -0.448 e. The number of anilines is 3. The lowest BCUT2D eigenvalue weighted by atomic mass is 9.82. The number of rotatable bonds is 5. The fourth-order valence-corrected chi connectivity index (χ4v) is 6.36. The molecule has 6 rings (SSSR count). The molecular weight excluding hydrogens is 410 g/mol. The number of carbonyl (C=O) groups excluding carboxylic acids is 1. The zero-order chi connectivity index (χ0) is 23.3. The summed E-state index contributed by atoms with van der Waals surface area (Å²) >= 11 is 0. The first-order valence-electron chi connectivity index (χ1n) is 11.4. The summed E-state index contributed by atoms with van der Waals surface area (Å²) in [6, 6.07) is 21.5. The Hall–Kier alpha value is -3.47. The summed E-state index contributed by atoms with van der Waals surface area (Å²) in [5, 5.41) is 0. The number of hydrogen-bond acceptors (Lipinski definition) is 5. The van der Waals surface area contributed by atoms with Crippen LogP contribution in [0.3, 0.4) is 0 Å². The molecule has 1 heterocycles. The molecule has 0 amide bonds. The van der Waals surface area contributed by atoms with E-state index in [2.05, 4.69) is 112 Å². The third-order valence-electron chi connectivity index (χ3n) is 7.86. The van der Waals surface area contributed by atoms with Crippen LogP contribution >= 0.6 is 0 Å². The first kappa shape index (κ1) is 20.2. The number of nitrogens with zero attached hydrogens (tertiary/aromatic N) is 3. The zero-order valence-corrected chi connectivity index (χ0v) is 20.0. The summed E-state index contributed by atoms with van der Waals surface area (Å²) in [5.41, 5.74) is 7.91. The van der Waals surface area contributed by atoms with Gasteiger partial charge in [0, 0.05) is 64.9 Å². The van der Waals surface area contributed by atoms with Crippen molar-refractivity contribution < 1.29 is 9.53 Å². The van der Waals surface area contributed by atoms with Crippen molar-refractivity contribution in [2.24, 2.45) is 0 Å². The molecule has 2 unspecified atom stereocenters. The molecule has 0 bridgehead atoms. The molecular formula is C28H29N3O2. The highest BCUT2D eigenvalue weighted by atomic mass is 16.6. The van der Waals surface area contributed by atoms with E-state index < -0.39 is 11.0 Å². The third-order valence-corrected chi connectivity index (χ3v) is 7.86. The predicted octanol–water partition coefficient (Wildman–Crippen LogP) is 4.35. The van der Waals surface area contributed by atoms with Crippen LogP contribution in [-0.4, -0.2) is 48.3 Å². The molecule has 3 aliphatic rings. The standard InChI is InChI=1S/C28H29N3O2/c1-29(2)19-11-7-17(8-12-19)27(18-9-13-20(14-10-18)30(3)4)25-23-22(31(5)6)16-15-21-24(23)28(25,27)33-26(21)32/h7-16,25H,1-6H3. The van der Waals surface area contributed by atoms with Crippen LogP contribution in [0.25, 0.3) is 0 Å². The maximum absolute atomic E-state index is 13.0. The Morgan fingerprint density at radius 2 is 1.21 bits per heavy atom. The lowest BCUT2D eigenvalue weighted by Gasteiger charge is -2.28. The maximum Gasteiger partial charge on any atom is 0.339 e. The summed E-state index contributed by atoms with van der Waals surface area (Å²) < 4.78 is 6.31. The van der Waals surface area contributed by atoms with Gasteiger partial charge in [-0.25, -0.2) is 4.79 Å². The van der Waals surface area contributed by atoms with Crippen LogP contribution in [0.4, 0.5) is 17.1 Å². The molecule has 3 aromatic carbocycles. The fraction of sp³-hybridized carbons (Fsp3) is 0.321. The normalized spacial score (nSPS) is 22.6. The van der Waals surface area contributed by atoms with Crippen LogP contribution < -0.4 is 14.7 Å². The Kier molecular flexibility index (Phi) is 3.86. The van der Waals surface area contributed by atoms with Gasteiger partial charge >= 0.3 is 5.97 Å². The first-order chi connectivity index (χ1) is 15.7. The molecule has 0 saturated heterocycles. The van der Waals surface area contributed by atoms with Gasteiger partial charge < -0.3 is 19.4 Å². The quantitative estimate of drug-likeness (QED) is 0.553. The highest BCUT2D eigenvalue weighted by Crippen LogP contribution is 2.88. The first-order valence-corrected chi connectivity index (χ1v) is 11.4. The Balaban J connectivity index is 1.60. The minimum atomic E-state index is -0.611. The lowest BCUT2D eigenvalue weighted by Crippen LogP contribution is -2.27. The second kappa shape index (κ2) is 6.31. The molecule has 0 radical (unpaired) electrons. The van der Waals surface area contributed by atoms with E-state index in [1.54, 1.807) is 0 Å². The summed E-state index contributed by atoms with van der Waals surface area (Å²) in [6.07, 6.45) is 0. The Bertz CT molecular complexity index is 1240. The van der Waals surface area contributed by atoms with Crippen molar-refractivity contribution >= 4 is 23.0 Å². The smallest absolute Gasteiger partial charge is 0.339 e. The lowest BCUT2D eigenvalue weighted by molar-refractivity contribution is 0.0213. The van der Waals surface area contributed by atoms with E-state index in [0.717, 1.165) is 22.5 Å². The number of esters is 1. The molecule has 0 aromatic heterocycles. The Morgan fingerprint density at radius 1 is 0.697 bits per heavy atom. The van der Waals surface area contributed by atoms with Gasteiger partial charge in [0.05, 0.1) is 16.9 Å². The van der Waals surface area contributed by atoms with E-state index in [-0.39, 0.29) is 11.9 Å². The van der Waals surface area contributed by atoms with Crippen LogP contribution in [0.2, 0.25) is 0 Å². The average molecular weight is 440 g/mol. The molecule has 1 fully saturated rings. The van der Waals surface area contributed by atoms with Crippen molar-refractivity contribution in [3.8, 4) is 0 Å². The van der Waals surface area contributed by atoms with Crippen molar-refractivity contribution in [1.29, 1.82) is 0 Å². The van der Waals surface area contributed by atoms with Crippen molar-refractivity contribution in [3.05, 3.63) is 88.5 Å². The number of fused-ring (bicyclic) bond motifs is 1. The van der Waals surface area contributed by atoms with E-state index in [1.165, 1.54) is 22.4 Å². The molecule has 2 aliphatic carbocycles. The molecule has 33 heavy (non-hydrogen) atoms. The van der Waals surface area contributed by atoms with Gasteiger partial charge in [0.15, 0.2) is 5.60 Å². The van der Waals surface area contributed by atoms with Gasteiger partial charge in [-0.15, -0.1) is 0 Å². The minimum absolute atomic E-state index is 0.110. The van der Waals surface area contributed by atoms with Crippen LogP contribution in [0, 0.1) is 0 Å². The van der Waals surface area contributed by atoms with Crippen molar-refractivity contribution in [1.82, 2.24) is 0 Å². The van der Waals surface area contributed by atoms with E-state index in [9.17, 15) is 4.79 Å². The molecule has 3 aromatic rings. The van der Waals surface area contributed by atoms with Gasteiger partial charge in [-0.05, 0) is 53.1 Å². The van der Waals surface area contributed by atoms with E-state index >= 15 is 0 Å². The van der Waals surface area contributed by atoms with Crippen LogP contribution in [0.5, 0.6) is 0 Å². The number of ether oxygens (including phenoxy) is 1. The summed E-state index contributed by atoms with van der Waals surface area (Å²) in [5.74, 6) is -0.0880. The zero-order valence-electron chi connectivity index (χ0n) is 20.0. The molecule has 0 N–H and O–H groups in total. The summed E-state index contributed by atoms with van der Waals surface area (Å²) in [4.78, 5) is 19.4. The molecule has 1 saturated carbocycles. The van der Waals surface area contributed by atoms with Gasteiger partial charge in [-0.3, -0.25) is 0 Å². The average Bonchev–Trinajstić information content (AvgIpc) is 3.18. The van der Waals surface area contributed by atoms with Crippen LogP contribution in [-0.2, 0) is 15.8 Å². The van der Waals surface area contributed by atoms with Crippen molar-refractivity contribution in [3.63, 3.8) is 0 Å². The second-order valence-corrected chi connectivity index (χ2v) is 10.1. The number of hydrogen-bond donors (Lipinski definition) is 0. The highest BCUT2D eigenvalue weighted by molar-refractivity contribution is 6.03. The van der Waals surface area contributed by atoms with E-state index in [4.69, 9.17) is 4.74 Å². The Morgan fingerprint density at radius 3 is 1.67 bits per heavy atom. The molecule has 1 aliphatic heterocycles. The van der Waals surface area contributed by atoms with Gasteiger partial charge in [-0.1, -0.05) is 24.3 Å². The third kappa shape index (κ3) is 2.20. The predicted molar refractivity (Wildman–Crippen MR) is 133 cm³/mol. The SMILES string of the molecule is CN(C)c1ccc(C2(c3ccc(N(C)C)cc3)C3c4c(N(C)C)ccc5c4C32OC5=O)cc1. The molecule has 2 atom stereocenters. The topological polar surface area (TPSA) is 36.0 Å². The Labute approximate surface area is 195 Å². The molecule has 168 valence electrons. The van der Waals surface area contributed by atoms with Crippen LogP contribution in [0.15, 0.2) is 60.7 Å². The van der Waals surface area contributed by atoms with Crippen LogP contribution in [0.1, 0.15) is 38.5 Å². The van der Waals surface area contributed by atoms with E-state index in [0.29, 0.717) is 0 Å².